The quantitative estimate of drug-likeness (QED) is 0.842. The van der Waals surface area contributed by atoms with Crippen LogP contribution in [-0.2, 0) is 4.79 Å². The van der Waals surface area contributed by atoms with Gasteiger partial charge in [0.05, 0.1) is 5.02 Å². The number of ether oxygens (including phenoxy) is 1. The average Bonchev–Trinajstić information content (AvgIpc) is 3.05. The number of rotatable bonds is 4. The molecule has 0 spiro atoms. The van der Waals surface area contributed by atoms with E-state index in [1.54, 1.807) is 24.4 Å². The minimum absolute atomic E-state index is 0.0315. The summed E-state index contributed by atoms with van der Waals surface area (Å²) in [4.78, 5) is 18.5. The normalized spacial score (nSPS) is 17.3. The molecule has 1 saturated heterocycles. The van der Waals surface area contributed by atoms with Crippen LogP contribution in [0.5, 0.6) is 5.75 Å². The lowest BCUT2D eigenvalue weighted by molar-refractivity contribution is -0.132. The van der Waals surface area contributed by atoms with Crippen LogP contribution in [0.1, 0.15) is 18.0 Å². The number of benzene rings is 1. The van der Waals surface area contributed by atoms with Gasteiger partial charge in [-0.25, -0.2) is 0 Å². The number of carbonyl (C=O) groups excluding carboxylic acids is 1. The van der Waals surface area contributed by atoms with E-state index in [9.17, 15) is 4.79 Å². The highest BCUT2D eigenvalue weighted by Crippen LogP contribution is 2.28. The molecule has 0 unspecified atom stereocenters. The molecule has 1 aromatic carbocycles. The van der Waals surface area contributed by atoms with Crippen LogP contribution in [-0.4, -0.2) is 35.5 Å². The third-order valence-electron chi connectivity index (χ3n) is 3.89. The van der Waals surface area contributed by atoms with E-state index in [0.29, 0.717) is 28.3 Å². The van der Waals surface area contributed by atoms with E-state index in [1.165, 1.54) is 0 Å². The van der Waals surface area contributed by atoms with Gasteiger partial charge in [0.1, 0.15) is 5.75 Å². The van der Waals surface area contributed by atoms with Crippen molar-refractivity contribution in [3.05, 3.63) is 58.3 Å². The molecule has 1 aliphatic rings. The second kappa shape index (κ2) is 7.20. The molecular weight excluding hydrogens is 335 g/mol. The van der Waals surface area contributed by atoms with Crippen LogP contribution < -0.4 is 4.74 Å². The average molecular weight is 351 g/mol. The number of carbonyl (C=O) groups is 1. The molecule has 23 heavy (non-hydrogen) atoms. The number of hydrogen-bond acceptors (Lipinski definition) is 3. The Balaban J connectivity index is 1.55. The van der Waals surface area contributed by atoms with Gasteiger partial charge in [-0.15, -0.1) is 0 Å². The van der Waals surface area contributed by atoms with Crippen molar-refractivity contribution in [2.24, 2.45) is 0 Å². The predicted molar refractivity (Wildman–Crippen MR) is 90.1 cm³/mol. The van der Waals surface area contributed by atoms with Crippen LogP contribution in [0.2, 0.25) is 10.0 Å². The highest BCUT2D eigenvalue weighted by molar-refractivity contribution is 6.35. The number of hydrogen-bond donors (Lipinski definition) is 0. The Hall–Kier alpha value is -1.78. The largest absolute Gasteiger partial charge is 0.482 e. The van der Waals surface area contributed by atoms with Crippen molar-refractivity contribution < 1.29 is 9.53 Å². The monoisotopic (exact) mass is 350 g/mol. The van der Waals surface area contributed by atoms with Crippen molar-refractivity contribution in [3.8, 4) is 5.75 Å². The van der Waals surface area contributed by atoms with Gasteiger partial charge in [0.15, 0.2) is 6.61 Å². The molecule has 2 aromatic rings. The third kappa shape index (κ3) is 3.95. The van der Waals surface area contributed by atoms with Crippen molar-refractivity contribution in [3.63, 3.8) is 0 Å². The number of nitrogens with zero attached hydrogens (tertiary/aromatic N) is 2. The zero-order valence-corrected chi connectivity index (χ0v) is 13.9. The summed E-state index contributed by atoms with van der Waals surface area (Å²) >= 11 is 11.9. The van der Waals surface area contributed by atoms with E-state index in [4.69, 9.17) is 27.9 Å². The smallest absolute Gasteiger partial charge is 0.260 e. The molecule has 1 aromatic heterocycles. The van der Waals surface area contributed by atoms with Gasteiger partial charge in [-0.05, 0) is 36.8 Å². The minimum Gasteiger partial charge on any atom is -0.482 e. The van der Waals surface area contributed by atoms with E-state index in [1.807, 2.05) is 23.1 Å². The van der Waals surface area contributed by atoms with Crippen molar-refractivity contribution in [1.82, 2.24) is 9.88 Å². The van der Waals surface area contributed by atoms with Crippen LogP contribution in [0.4, 0.5) is 0 Å². The fourth-order valence-electron chi connectivity index (χ4n) is 2.67. The van der Waals surface area contributed by atoms with Gasteiger partial charge in [0.2, 0.25) is 0 Å². The second-order valence-electron chi connectivity index (χ2n) is 5.44. The molecule has 1 fully saturated rings. The first kappa shape index (κ1) is 16.1. The van der Waals surface area contributed by atoms with Crippen LogP contribution in [0.25, 0.3) is 0 Å². The third-order valence-corrected chi connectivity index (χ3v) is 4.42. The van der Waals surface area contributed by atoms with Gasteiger partial charge in [0, 0.05) is 35.9 Å². The Morgan fingerprint density at radius 1 is 1.30 bits per heavy atom. The van der Waals surface area contributed by atoms with E-state index in [-0.39, 0.29) is 12.5 Å². The summed E-state index contributed by atoms with van der Waals surface area (Å²) in [5.74, 6) is 0.707. The number of pyridine rings is 1. The molecule has 1 aliphatic heterocycles. The van der Waals surface area contributed by atoms with Gasteiger partial charge < -0.3 is 9.64 Å². The summed E-state index contributed by atoms with van der Waals surface area (Å²) in [6.45, 7) is 1.36. The molecule has 0 radical (unpaired) electrons. The first-order chi connectivity index (χ1) is 11.1. The van der Waals surface area contributed by atoms with E-state index >= 15 is 0 Å². The molecule has 6 heteroatoms. The van der Waals surface area contributed by atoms with Gasteiger partial charge >= 0.3 is 0 Å². The van der Waals surface area contributed by atoms with E-state index in [0.717, 1.165) is 18.7 Å². The Labute approximate surface area is 145 Å². The maximum absolute atomic E-state index is 12.3. The molecule has 0 N–H and O–H groups in total. The topological polar surface area (TPSA) is 42.4 Å². The fraction of sp³-hybridized carbons (Fsp3) is 0.294. The summed E-state index contributed by atoms with van der Waals surface area (Å²) in [7, 11) is 0. The van der Waals surface area contributed by atoms with Crippen LogP contribution in [0.3, 0.4) is 0 Å². The van der Waals surface area contributed by atoms with Crippen molar-refractivity contribution >= 4 is 29.1 Å². The summed E-state index contributed by atoms with van der Waals surface area (Å²) in [6.07, 6.45) is 2.70. The predicted octanol–water partition coefficient (Wildman–Crippen LogP) is 3.78. The number of aromatic nitrogens is 1. The van der Waals surface area contributed by atoms with Crippen molar-refractivity contribution in [1.29, 1.82) is 0 Å². The molecule has 1 atom stereocenters. The fourth-order valence-corrected chi connectivity index (χ4v) is 3.13. The highest BCUT2D eigenvalue weighted by Gasteiger charge is 2.28. The first-order valence-electron chi connectivity index (χ1n) is 7.40. The Morgan fingerprint density at radius 3 is 2.91 bits per heavy atom. The van der Waals surface area contributed by atoms with Crippen LogP contribution >= 0.6 is 23.2 Å². The number of halogens is 2. The maximum atomic E-state index is 12.3. The molecule has 2 heterocycles. The zero-order chi connectivity index (χ0) is 16.2. The molecule has 0 saturated carbocycles. The van der Waals surface area contributed by atoms with E-state index < -0.39 is 0 Å². The van der Waals surface area contributed by atoms with Gasteiger partial charge in [-0.3, -0.25) is 9.78 Å². The summed E-state index contributed by atoms with van der Waals surface area (Å²) in [5, 5.41) is 0.935. The lowest BCUT2D eigenvalue weighted by Gasteiger charge is -2.17. The standard InChI is InChI=1S/C17H16Cl2N2O2/c18-13-4-5-16(14(19)9-13)23-11-17(22)21-8-6-12(10-21)15-3-1-2-7-20-15/h1-5,7,9,12H,6,8,10-11H2/t12-/m0/s1. The molecule has 0 bridgehead atoms. The second-order valence-corrected chi connectivity index (χ2v) is 6.29. The zero-order valence-electron chi connectivity index (χ0n) is 12.4. The number of amides is 1. The first-order valence-corrected chi connectivity index (χ1v) is 8.15. The Kier molecular flexibility index (Phi) is 5.03. The van der Waals surface area contributed by atoms with Gasteiger partial charge in [-0.1, -0.05) is 29.3 Å². The van der Waals surface area contributed by atoms with Crippen molar-refractivity contribution in [2.75, 3.05) is 19.7 Å². The van der Waals surface area contributed by atoms with Gasteiger partial charge in [0.25, 0.3) is 5.91 Å². The highest BCUT2D eigenvalue weighted by atomic mass is 35.5. The van der Waals surface area contributed by atoms with E-state index in [2.05, 4.69) is 4.98 Å². The Morgan fingerprint density at radius 2 is 2.17 bits per heavy atom. The Bertz CT molecular complexity index is 694. The summed E-state index contributed by atoms with van der Waals surface area (Å²) in [6, 6.07) is 10.8. The molecule has 0 aliphatic carbocycles. The molecule has 3 rings (SSSR count). The lowest BCUT2D eigenvalue weighted by Crippen LogP contribution is -2.32. The molecular formula is C17H16Cl2N2O2. The number of likely N-dealkylation sites (tertiary alicyclic amines) is 1. The minimum atomic E-state index is -0.0468. The van der Waals surface area contributed by atoms with Gasteiger partial charge in [-0.2, -0.15) is 0 Å². The molecule has 4 nitrogen and oxygen atoms in total. The van der Waals surface area contributed by atoms with Crippen LogP contribution in [0, 0.1) is 0 Å². The van der Waals surface area contributed by atoms with Crippen LogP contribution in [0.15, 0.2) is 42.6 Å². The molecule has 1 amide bonds. The maximum Gasteiger partial charge on any atom is 0.260 e. The molecule has 120 valence electrons. The lowest BCUT2D eigenvalue weighted by atomic mass is 10.0. The summed E-state index contributed by atoms with van der Waals surface area (Å²) < 4.78 is 5.51. The van der Waals surface area contributed by atoms with Crippen molar-refractivity contribution in [2.45, 2.75) is 12.3 Å². The SMILES string of the molecule is O=C(COc1ccc(Cl)cc1Cl)N1CC[C@H](c2ccccn2)C1. The summed E-state index contributed by atoms with van der Waals surface area (Å²) in [5.41, 5.74) is 1.03.